The van der Waals surface area contributed by atoms with E-state index in [0.717, 1.165) is 75.9 Å². The quantitative estimate of drug-likeness (QED) is 0.800. The molecule has 0 atom stereocenters. The lowest BCUT2D eigenvalue weighted by Crippen LogP contribution is -2.39. The smallest absolute Gasteiger partial charge is 0.253 e. The third-order valence-electron chi connectivity index (χ3n) is 6.71. The Morgan fingerprint density at radius 3 is 2.38 bits per heavy atom. The average molecular weight is 395 g/mol. The minimum Gasteiger partial charge on any atom is -0.372 e. The van der Waals surface area contributed by atoms with Crippen LogP contribution in [-0.2, 0) is 13.1 Å². The van der Waals surface area contributed by atoms with E-state index in [1.165, 1.54) is 18.5 Å². The summed E-state index contributed by atoms with van der Waals surface area (Å²) in [7, 11) is 2.12. The van der Waals surface area contributed by atoms with Crippen molar-refractivity contribution < 1.29 is 4.79 Å². The maximum Gasteiger partial charge on any atom is 0.253 e. The van der Waals surface area contributed by atoms with E-state index >= 15 is 0 Å². The first-order valence-corrected chi connectivity index (χ1v) is 10.9. The van der Waals surface area contributed by atoms with Crippen molar-refractivity contribution in [2.45, 2.75) is 44.7 Å². The van der Waals surface area contributed by atoms with Crippen molar-refractivity contribution in [3.8, 4) is 0 Å². The summed E-state index contributed by atoms with van der Waals surface area (Å²) >= 11 is 0. The van der Waals surface area contributed by atoms with Crippen LogP contribution in [0.25, 0.3) is 0 Å². The molecule has 29 heavy (non-hydrogen) atoms. The van der Waals surface area contributed by atoms with Crippen molar-refractivity contribution >= 4 is 11.6 Å². The number of likely N-dealkylation sites (N-methyl/N-ethyl adjacent to an activating group) is 1. The Morgan fingerprint density at radius 2 is 1.66 bits per heavy atom. The van der Waals surface area contributed by atoms with Gasteiger partial charge in [-0.25, -0.2) is 0 Å². The predicted molar refractivity (Wildman–Crippen MR) is 112 cm³/mol. The van der Waals surface area contributed by atoms with Crippen LogP contribution in [0.1, 0.15) is 53.6 Å². The summed E-state index contributed by atoms with van der Waals surface area (Å²) < 4.78 is 2.30. The van der Waals surface area contributed by atoms with Gasteiger partial charge in [0.15, 0.2) is 0 Å². The highest BCUT2D eigenvalue weighted by Crippen LogP contribution is 2.29. The van der Waals surface area contributed by atoms with Crippen LogP contribution in [-0.4, -0.2) is 70.2 Å². The van der Waals surface area contributed by atoms with Gasteiger partial charge >= 0.3 is 0 Å². The summed E-state index contributed by atoms with van der Waals surface area (Å²) in [6, 6.07) is 8.19. The molecular weight excluding hydrogens is 364 g/mol. The fourth-order valence-corrected chi connectivity index (χ4v) is 4.92. The summed E-state index contributed by atoms with van der Waals surface area (Å²) in [6.07, 6.45) is 4.46. The van der Waals surface area contributed by atoms with Gasteiger partial charge in [-0.05, 0) is 57.0 Å². The second-order valence-corrected chi connectivity index (χ2v) is 8.67. The molecule has 1 aromatic heterocycles. The van der Waals surface area contributed by atoms with E-state index in [1.54, 1.807) is 0 Å². The minimum absolute atomic E-state index is 0.154. The Balaban J connectivity index is 1.21. The van der Waals surface area contributed by atoms with Gasteiger partial charge in [0, 0.05) is 56.4 Å². The number of nitrogens with zero attached hydrogens (tertiary/aromatic N) is 6. The second kappa shape index (κ2) is 7.78. The topological polar surface area (TPSA) is 57.5 Å². The van der Waals surface area contributed by atoms with Crippen LogP contribution >= 0.6 is 0 Å². The fraction of sp³-hybridized carbons (Fsp3) is 0.591. The molecule has 0 radical (unpaired) electrons. The third kappa shape index (κ3) is 3.64. The number of anilines is 1. The molecule has 2 saturated heterocycles. The van der Waals surface area contributed by atoms with E-state index < -0.39 is 0 Å². The Labute approximate surface area is 172 Å². The van der Waals surface area contributed by atoms with Crippen LogP contribution in [0, 0.1) is 0 Å². The van der Waals surface area contributed by atoms with Gasteiger partial charge in [0.2, 0.25) is 0 Å². The number of fused-ring (bicyclic) bond motifs is 1. The molecule has 2 aromatic rings. The summed E-state index contributed by atoms with van der Waals surface area (Å²) in [6.45, 7) is 6.73. The van der Waals surface area contributed by atoms with E-state index in [-0.39, 0.29) is 5.91 Å². The molecule has 0 saturated carbocycles. The van der Waals surface area contributed by atoms with E-state index in [1.807, 2.05) is 17.0 Å². The van der Waals surface area contributed by atoms with Crippen LogP contribution in [0.3, 0.4) is 0 Å². The molecule has 0 N–H and O–H groups in total. The first-order valence-electron chi connectivity index (χ1n) is 10.9. The lowest BCUT2D eigenvalue weighted by molar-refractivity contribution is 0.0709. The number of carbonyl (C=O) groups excluding carboxylic acids is 1. The molecule has 5 rings (SSSR count). The van der Waals surface area contributed by atoms with Crippen LogP contribution < -0.4 is 4.90 Å². The molecule has 7 heteroatoms. The maximum atomic E-state index is 13.0. The molecule has 0 bridgehead atoms. The van der Waals surface area contributed by atoms with Gasteiger partial charge < -0.3 is 14.4 Å². The molecule has 3 aliphatic heterocycles. The Hall–Kier alpha value is -2.41. The Morgan fingerprint density at radius 1 is 0.931 bits per heavy atom. The van der Waals surface area contributed by atoms with Crippen molar-refractivity contribution in [3.05, 3.63) is 41.5 Å². The normalized spacial score (nSPS) is 20.9. The van der Waals surface area contributed by atoms with Crippen molar-refractivity contribution in [2.24, 2.45) is 0 Å². The van der Waals surface area contributed by atoms with Gasteiger partial charge in [0.1, 0.15) is 11.6 Å². The van der Waals surface area contributed by atoms with Crippen LogP contribution in [0.4, 0.5) is 5.69 Å². The number of rotatable bonds is 3. The number of amides is 1. The number of hydrogen-bond acceptors (Lipinski definition) is 5. The number of piperidine rings is 1. The van der Waals surface area contributed by atoms with Gasteiger partial charge in [0.25, 0.3) is 5.91 Å². The first kappa shape index (κ1) is 18.6. The second-order valence-electron chi connectivity index (χ2n) is 8.67. The molecule has 0 aliphatic carbocycles. The number of hydrogen-bond donors (Lipinski definition) is 0. The van der Waals surface area contributed by atoms with Crippen LogP contribution in [0.2, 0.25) is 0 Å². The molecule has 7 nitrogen and oxygen atoms in total. The third-order valence-corrected chi connectivity index (χ3v) is 6.71. The summed E-state index contributed by atoms with van der Waals surface area (Å²) in [5.74, 6) is 2.75. The predicted octanol–water partition coefficient (Wildman–Crippen LogP) is 2.34. The maximum absolute atomic E-state index is 13.0. The molecule has 3 aliphatic rings. The minimum atomic E-state index is 0.154. The fourth-order valence-electron chi connectivity index (χ4n) is 4.92. The lowest BCUT2D eigenvalue weighted by Gasteiger charge is -2.32. The van der Waals surface area contributed by atoms with Crippen molar-refractivity contribution in [1.29, 1.82) is 0 Å². The van der Waals surface area contributed by atoms with E-state index in [2.05, 4.69) is 43.7 Å². The largest absolute Gasteiger partial charge is 0.372 e. The molecule has 0 spiro atoms. The summed E-state index contributed by atoms with van der Waals surface area (Å²) in [5.41, 5.74) is 2.04. The van der Waals surface area contributed by atoms with E-state index in [9.17, 15) is 4.79 Å². The van der Waals surface area contributed by atoms with Crippen LogP contribution in [0.15, 0.2) is 24.3 Å². The SMILES string of the molecule is CN1CCn2c(nnc2C2CCN(C(=O)c3ccc(N4CCCC4)cc3)CC2)C1. The molecule has 1 amide bonds. The van der Waals surface area contributed by atoms with Gasteiger partial charge in [-0.2, -0.15) is 0 Å². The average Bonchev–Trinajstić information content (AvgIpc) is 3.43. The van der Waals surface area contributed by atoms with Gasteiger partial charge in [-0.1, -0.05) is 0 Å². The van der Waals surface area contributed by atoms with Crippen molar-refractivity contribution in [2.75, 3.05) is 44.7 Å². The number of benzene rings is 1. The highest BCUT2D eigenvalue weighted by atomic mass is 16.2. The number of likely N-dealkylation sites (tertiary alicyclic amines) is 1. The molecule has 2 fully saturated rings. The van der Waals surface area contributed by atoms with Gasteiger partial charge in [0.05, 0.1) is 6.54 Å². The highest BCUT2D eigenvalue weighted by Gasteiger charge is 2.29. The van der Waals surface area contributed by atoms with E-state index in [0.29, 0.717) is 5.92 Å². The number of carbonyl (C=O) groups is 1. The van der Waals surface area contributed by atoms with Crippen LogP contribution in [0.5, 0.6) is 0 Å². The summed E-state index contributed by atoms with van der Waals surface area (Å²) in [4.78, 5) is 19.7. The molecule has 154 valence electrons. The van der Waals surface area contributed by atoms with Gasteiger partial charge in [-0.15, -0.1) is 10.2 Å². The van der Waals surface area contributed by atoms with Crippen molar-refractivity contribution in [3.63, 3.8) is 0 Å². The standard InChI is InChI=1S/C22H30N6O/c1-25-14-15-28-20(16-25)23-24-21(28)17-8-12-27(13-9-17)22(29)18-4-6-19(7-5-18)26-10-2-3-11-26/h4-7,17H,2-3,8-16H2,1H3. The first-order chi connectivity index (χ1) is 14.2. The highest BCUT2D eigenvalue weighted by molar-refractivity contribution is 5.94. The number of aromatic nitrogens is 3. The molecule has 1 aromatic carbocycles. The zero-order valence-electron chi connectivity index (χ0n) is 17.3. The molecular formula is C22H30N6O. The lowest BCUT2D eigenvalue weighted by atomic mass is 9.95. The molecule has 4 heterocycles. The molecule has 0 unspecified atom stereocenters. The van der Waals surface area contributed by atoms with Gasteiger partial charge in [-0.3, -0.25) is 9.69 Å². The zero-order valence-corrected chi connectivity index (χ0v) is 17.3. The van der Waals surface area contributed by atoms with Crippen molar-refractivity contribution in [1.82, 2.24) is 24.6 Å². The Bertz CT molecular complexity index is 862. The monoisotopic (exact) mass is 394 g/mol. The van der Waals surface area contributed by atoms with E-state index in [4.69, 9.17) is 0 Å². The zero-order chi connectivity index (χ0) is 19.8. The Kier molecular flexibility index (Phi) is 4.99. The summed E-state index contributed by atoms with van der Waals surface area (Å²) in [5, 5.41) is 8.92.